The Kier molecular flexibility index (Phi) is 21.0. The molecule has 3 aromatic heterocycles. The Balaban J connectivity index is -0.000000314. The molecule has 0 aromatic carbocycles. The molecule has 11 heteroatoms. The number of halogens is 1. The second kappa shape index (κ2) is 20.1. The molecule has 31 heavy (non-hydrogen) atoms. The first kappa shape index (κ1) is 32.4. The fourth-order valence-electron chi connectivity index (χ4n) is 1.09. The van der Waals surface area contributed by atoms with Gasteiger partial charge in [0.15, 0.2) is 0 Å². The van der Waals surface area contributed by atoms with Crippen molar-refractivity contribution in [3.8, 4) is 0 Å². The van der Waals surface area contributed by atoms with E-state index in [1.165, 1.54) is 13.8 Å². The van der Waals surface area contributed by atoms with Crippen molar-refractivity contribution in [1.82, 2.24) is 15.0 Å². The molecule has 0 bridgehead atoms. The van der Waals surface area contributed by atoms with Gasteiger partial charge in [-0.15, -0.1) is 0 Å². The van der Waals surface area contributed by atoms with Crippen LogP contribution in [0.4, 0.5) is 0 Å². The number of H-pyrrole nitrogens is 3. The average Bonchev–Trinajstić information content (AvgIpc) is 3.42. The van der Waals surface area contributed by atoms with Crippen LogP contribution in [0.5, 0.6) is 0 Å². The zero-order valence-corrected chi connectivity index (χ0v) is 20.6. The second-order valence-electron chi connectivity index (χ2n) is 5.97. The summed E-state index contributed by atoms with van der Waals surface area (Å²) >= 11 is 0. The van der Waals surface area contributed by atoms with E-state index in [1.807, 2.05) is 91.0 Å². The van der Waals surface area contributed by atoms with Crippen LogP contribution in [-0.2, 0) is 30.7 Å². The van der Waals surface area contributed by atoms with Crippen molar-refractivity contribution in [2.24, 2.45) is 21.1 Å². The highest BCUT2D eigenvalue weighted by atomic mass is 127. The van der Waals surface area contributed by atoms with Gasteiger partial charge in [-0.05, 0) is 25.0 Å². The predicted molar refractivity (Wildman–Crippen MR) is 106 cm³/mol. The largest absolute Gasteiger partial charge is 1.00 e. The van der Waals surface area contributed by atoms with E-state index >= 15 is 0 Å². The summed E-state index contributed by atoms with van der Waals surface area (Å²) in [7, 11) is 5.91. The van der Waals surface area contributed by atoms with Crippen LogP contribution in [0.15, 0.2) is 80.5 Å². The van der Waals surface area contributed by atoms with Gasteiger partial charge in [-0.25, -0.2) is 13.7 Å². The van der Waals surface area contributed by atoms with Crippen molar-refractivity contribution < 1.29 is 57.5 Å². The Bertz CT molecular complexity index is 720. The topological polar surface area (TPSA) is 139 Å². The Hall–Kier alpha value is -3.22. The van der Waals surface area contributed by atoms with E-state index in [0.29, 0.717) is 0 Å². The van der Waals surface area contributed by atoms with Crippen LogP contribution in [0, 0.1) is 0 Å². The van der Waals surface area contributed by atoms with Crippen LogP contribution in [0.3, 0.4) is 0 Å². The van der Waals surface area contributed by atoms with E-state index in [0.717, 1.165) is 0 Å². The first-order valence-electron chi connectivity index (χ1n) is 8.65. The van der Waals surface area contributed by atoms with Gasteiger partial charge in [-0.2, -0.15) is 0 Å². The third-order valence-corrected chi connectivity index (χ3v) is 2.75. The molecule has 0 unspecified atom stereocenters. The zero-order valence-electron chi connectivity index (χ0n) is 18.5. The molecule has 0 aliphatic rings. The van der Waals surface area contributed by atoms with Gasteiger partial charge in [0.25, 0.3) is 0 Å². The third kappa shape index (κ3) is 24.7. The minimum atomic E-state index is -1.19. The van der Waals surface area contributed by atoms with Gasteiger partial charge in [0.2, 0.25) is 19.0 Å². The number of carbonyl (C=O) groups is 2. The number of aryl methyl sites for hydroxylation is 3. The molecule has 0 radical (unpaired) electrons. The first-order chi connectivity index (χ1) is 14.0. The van der Waals surface area contributed by atoms with E-state index in [2.05, 4.69) is 28.1 Å². The SMILES string of the molecule is C=C(C)C(=O)[O-].C=C(C)C(=O)[O-].C[n+]1cc[nH]c1.C[n+]1cc[nH]c1.C[n+]1cc[nH]c1.[I-]. The lowest BCUT2D eigenvalue weighted by Crippen LogP contribution is -3.00. The maximum absolute atomic E-state index is 9.49. The maximum atomic E-state index is 9.49. The third-order valence-electron chi connectivity index (χ3n) is 2.75. The fourth-order valence-corrected chi connectivity index (χ4v) is 1.09. The number of nitrogens with one attached hydrogen (secondary N) is 3. The number of nitrogens with zero attached hydrogens (tertiary/aromatic N) is 3. The number of carboxylic acids is 2. The van der Waals surface area contributed by atoms with E-state index in [1.54, 1.807) is 0 Å². The highest BCUT2D eigenvalue weighted by Crippen LogP contribution is 1.77. The van der Waals surface area contributed by atoms with Crippen molar-refractivity contribution >= 4 is 11.9 Å². The van der Waals surface area contributed by atoms with E-state index in [4.69, 9.17) is 0 Å². The smallest absolute Gasteiger partial charge is 0.241 e. The summed E-state index contributed by atoms with van der Waals surface area (Å²) in [5.74, 6) is -2.37. The molecular weight excluding hydrogens is 515 g/mol. The first-order valence-corrected chi connectivity index (χ1v) is 8.65. The van der Waals surface area contributed by atoms with E-state index in [-0.39, 0.29) is 35.1 Å². The van der Waals surface area contributed by atoms with Gasteiger partial charge in [-0.3, -0.25) is 15.0 Å². The molecule has 10 nitrogen and oxygen atoms in total. The average molecular weight is 546 g/mol. The number of imidazole rings is 3. The van der Waals surface area contributed by atoms with E-state index in [9.17, 15) is 19.8 Å². The number of aliphatic carboxylic acids is 2. The Morgan fingerprint density at radius 2 is 0.871 bits per heavy atom. The van der Waals surface area contributed by atoms with E-state index < -0.39 is 11.9 Å². The highest BCUT2D eigenvalue weighted by molar-refractivity contribution is 5.83. The monoisotopic (exact) mass is 546 g/mol. The molecule has 3 heterocycles. The number of hydrogen-bond donors (Lipinski definition) is 3. The summed E-state index contributed by atoms with van der Waals surface area (Å²) in [6.45, 7) is 8.95. The van der Waals surface area contributed by atoms with Crippen molar-refractivity contribution in [3.05, 3.63) is 80.5 Å². The van der Waals surface area contributed by atoms with Crippen LogP contribution in [0.25, 0.3) is 0 Å². The number of carbonyl (C=O) groups excluding carboxylic acids is 2. The van der Waals surface area contributed by atoms with Gasteiger partial charge in [0.05, 0.1) is 33.1 Å². The lowest BCUT2D eigenvalue weighted by atomic mass is 10.4. The van der Waals surface area contributed by atoms with Crippen molar-refractivity contribution in [2.45, 2.75) is 13.8 Å². The standard InChI is InChI=1S/3C4H6N2.2C4H6O2.HI/c3*1-6-3-2-5-4-6;2*1-3(2)4(5)6;/h3*2-4H,1H3;2*1H2,2H3,(H,5,6);1H. The van der Waals surface area contributed by atoms with Crippen molar-refractivity contribution in [3.63, 3.8) is 0 Å². The zero-order chi connectivity index (χ0) is 23.5. The fraction of sp³-hybridized carbons (Fsp3) is 0.250. The van der Waals surface area contributed by atoms with Crippen LogP contribution in [0.1, 0.15) is 13.8 Å². The number of aromatic nitrogens is 6. The lowest BCUT2D eigenvalue weighted by Gasteiger charge is -1.93. The van der Waals surface area contributed by atoms with Gasteiger partial charge in [-0.1, -0.05) is 13.2 Å². The van der Waals surface area contributed by atoms with Gasteiger partial charge in [0, 0.05) is 0 Å². The maximum Gasteiger partial charge on any atom is 0.241 e. The Morgan fingerprint density at radius 1 is 0.677 bits per heavy atom. The summed E-state index contributed by atoms with van der Waals surface area (Å²) in [6, 6.07) is 0. The second-order valence-corrected chi connectivity index (χ2v) is 5.97. The molecular formula is C20H31IN6O4. The van der Waals surface area contributed by atoms with Crippen LogP contribution >= 0.6 is 0 Å². The van der Waals surface area contributed by atoms with Crippen molar-refractivity contribution in [2.75, 3.05) is 0 Å². The molecule has 3 rings (SSSR count). The molecule has 0 saturated carbocycles. The molecule has 0 saturated heterocycles. The minimum Gasteiger partial charge on any atom is -1.00 e. The number of hydrogen-bond acceptors (Lipinski definition) is 4. The summed E-state index contributed by atoms with van der Waals surface area (Å²) in [5, 5.41) is 19.0. The summed E-state index contributed by atoms with van der Waals surface area (Å²) < 4.78 is 5.83. The Labute approximate surface area is 199 Å². The molecule has 0 fully saturated rings. The van der Waals surface area contributed by atoms with Gasteiger partial charge in [0.1, 0.15) is 37.2 Å². The quantitative estimate of drug-likeness (QED) is 0.169. The summed E-state index contributed by atoms with van der Waals surface area (Å²) in [6.07, 6.45) is 17.1. The number of aromatic amines is 3. The molecule has 0 aliphatic heterocycles. The predicted octanol–water partition coefficient (Wildman–Crippen LogP) is -4.85. The summed E-state index contributed by atoms with van der Waals surface area (Å²) in [4.78, 5) is 27.7. The molecule has 0 amide bonds. The van der Waals surface area contributed by atoms with Crippen LogP contribution in [0.2, 0.25) is 0 Å². The molecule has 0 aliphatic carbocycles. The molecule has 0 spiro atoms. The molecule has 0 atom stereocenters. The highest BCUT2D eigenvalue weighted by Gasteiger charge is 1.80. The normalized spacial score (nSPS) is 8.03. The summed E-state index contributed by atoms with van der Waals surface area (Å²) in [5.41, 5.74) is 0.130. The number of carboxylic acid groups (broad SMARTS) is 2. The van der Waals surface area contributed by atoms with Gasteiger partial charge >= 0.3 is 0 Å². The van der Waals surface area contributed by atoms with Crippen LogP contribution in [-0.4, -0.2) is 26.9 Å². The number of rotatable bonds is 2. The minimum absolute atomic E-state index is 0. The van der Waals surface area contributed by atoms with Crippen molar-refractivity contribution in [1.29, 1.82) is 0 Å². The van der Waals surface area contributed by atoms with Gasteiger partial charge < -0.3 is 43.8 Å². The van der Waals surface area contributed by atoms with Crippen LogP contribution < -0.4 is 47.9 Å². The molecule has 3 N–H and O–H groups in total. The Morgan fingerprint density at radius 3 is 0.903 bits per heavy atom. The lowest BCUT2D eigenvalue weighted by molar-refractivity contribution is -0.670. The molecule has 3 aromatic rings. The molecule has 172 valence electrons.